The molecule has 164 valence electrons. The summed E-state index contributed by atoms with van der Waals surface area (Å²) in [4.78, 5) is 7.20. The summed E-state index contributed by atoms with van der Waals surface area (Å²) in [5, 5.41) is 13.3. The van der Waals surface area contributed by atoms with Gasteiger partial charge in [-0.15, -0.1) is 0 Å². The quantitative estimate of drug-likeness (QED) is 0.701. The predicted octanol–water partition coefficient (Wildman–Crippen LogP) is 4.06. The van der Waals surface area contributed by atoms with Crippen LogP contribution < -0.4 is 15.1 Å². The van der Waals surface area contributed by atoms with Crippen molar-refractivity contribution < 1.29 is 9.15 Å². The molecule has 1 N–H and O–H groups in total. The molecule has 2 unspecified atom stereocenters. The van der Waals surface area contributed by atoms with Crippen molar-refractivity contribution in [2.45, 2.75) is 31.6 Å². The zero-order valence-corrected chi connectivity index (χ0v) is 18.6. The average molecular weight is 442 g/mol. The number of benzene rings is 1. The maximum absolute atomic E-state index is 8.99. The number of ether oxygens (including phenoxy) is 1. The largest absolute Gasteiger partial charge is 0.448 e. The van der Waals surface area contributed by atoms with Crippen LogP contribution in [0.4, 0.5) is 17.1 Å². The normalized spacial score (nSPS) is 24.2. The summed E-state index contributed by atoms with van der Waals surface area (Å²) in [6.45, 7) is 6.15. The number of piperazine rings is 1. The van der Waals surface area contributed by atoms with Gasteiger partial charge in [0.05, 0.1) is 22.1 Å². The smallest absolute Gasteiger partial charge is 0.203 e. The number of furan rings is 1. The fraction of sp³-hybridized carbons (Fsp3) is 0.522. The molecule has 0 amide bonds. The summed E-state index contributed by atoms with van der Waals surface area (Å²) in [6, 6.07) is 9.79. The van der Waals surface area contributed by atoms with Gasteiger partial charge in [0.15, 0.2) is 12.3 Å². The zero-order chi connectivity index (χ0) is 21.4. The van der Waals surface area contributed by atoms with Gasteiger partial charge >= 0.3 is 0 Å². The lowest BCUT2D eigenvalue weighted by Crippen LogP contribution is -2.44. The Hall–Kier alpha value is -2.40. The Kier molecular flexibility index (Phi) is 5.70. The average Bonchev–Trinajstić information content (AvgIpc) is 3.38. The van der Waals surface area contributed by atoms with E-state index in [1.54, 1.807) is 12.1 Å². The van der Waals surface area contributed by atoms with E-state index in [0.717, 1.165) is 55.7 Å². The van der Waals surface area contributed by atoms with E-state index < -0.39 is 0 Å². The number of likely N-dealkylation sites (N-methyl/N-ethyl adjacent to an activating group) is 1. The van der Waals surface area contributed by atoms with Crippen molar-refractivity contribution >= 4 is 28.7 Å². The fourth-order valence-electron chi connectivity index (χ4n) is 4.51. The van der Waals surface area contributed by atoms with Gasteiger partial charge in [-0.3, -0.25) is 0 Å². The molecule has 2 atom stereocenters. The first-order valence-corrected chi connectivity index (χ1v) is 11.4. The molecule has 3 fully saturated rings. The molecular weight excluding hydrogens is 414 g/mol. The topological polar surface area (TPSA) is 71.2 Å². The third kappa shape index (κ3) is 4.33. The minimum Gasteiger partial charge on any atom is -0.448 e. The molecule has 3 aliphatic heterocycles. The number of anilines is 3. The van der Waals surface area contributed by atoms with E-state index in [1.807, 2.05) is 12.1 Å². The summed E-state index contributed by atoms with van der Waals surface area (Å²) in [7, 11) is 2.16. The van der Waals surface area contributed by atoms with Crippen LogP contribution >= 0.6 is 11.6 Å². The second-order valence-corrected chi connectivity index (χ2v) is 9.00. The van der Waals surface area contributed by atoms with E-state index in [-0.39, 0.29) is 12.3 Å². The first kappa shape index (κ1) is 20.5. The second kappa shape index (κ2) is 8.62. The van der Waals surface area contributed by atoms with Crippen molar-refractivity contribution in [3.8, 4) is 6.07 Å². The Labute approximate surface area is 188 Å². The van der Waals surface area contributed by atoms with Crippen molar-refractivity contribution in [3.05, 3.63) is 40.8 Å². The Morgan fingerprint density at radius 2 is 1.74 bits per heavy atom. The highest BCUT2D eigenvalue weighted by molar-refractivity contribution is 6.33. The Morgan fingerprint density at radius 3 is 2.45 bits per heavy atom. The van der Waals surface area contributed by atoms with Gasteiger partial charge in [0, 0.05) is 39.3 Å². The lowest BCUT2D eigenvalue weighted by atomic mass is 10.1. The van der Waals surface area contributed by atoms with Gasteiger partial charge in [-0.25, -0.2) is 0 Å². The molecule has 1 aromatic heterocycles. The molecule has 5 rings (SSSR count). The van der Waals surface area contributed by atoms with Gasteiger partial charge in [0.1, 0.15) is 11.8 Å². The second-order valence-electron chi connectivity index (χ2n) is 8.59. The van der Waals surface area contributed by atoms with Crippen molar-refractivity contribution in [1.82, 2.24) is 4.90 Å². The fourth-order valence-corrected chi connectivity index (χ4v) is 4.79. The van der Waals surface area contributed by atoms with E-state index >= 15 is 0 Å². The number of rotatable bonds is 5. The maximum Gasteiger partial charge on any atom is 0.203 e. The SMILES string of the molecule is CN1CCN(c2cc(N3CCCCC3)c(NC3OC3c3ccc(C#N)o3)cc2Cl)CC1. The summed E-state index contributed by atoms with van der Waals surface area (Å²) in [5.74, 6) is 0.978. The van der Waals surface area contributed by atoms with Crippen LogP contribution in [-0.2, 0) is 4.74 Å². The third-order valence-corrected chi connectivity index (χ3v) is 6.72. The van der Waals surface area contributed by atoms with Gasteiger partial charge in [-0.2, -0.15) is 5.26 Å². The third-order valence-electron chi connectivity index (χ3n) is 6.41. The van der Waals surface area contributed by atoms with Crippen LogP contribution in [0.15, 0.2) is 28.7 Å². The van der Waals surface area contributed by atoms with Crippen LogP contribution in [0.1, 0.15) is 36.9 Å². The highest BCUT2D eigenvalue weighted by atomic mass is 35.5. The molecule has 2 aromatic rings. The number of halogens is 1. The van der Waals surface area contributed by atoms with Gasteiger partial charge in [-0.05, 0) is 50.6 Å². The van der Waals surface area contributed by atoms with Crippen LogP contribution in [0, 0.1) is 11.3 Å². The van der Waals surface area contributed by atoms with Gasteiger partial charge in [0.25, 0.3) is 0 Å². The van der Waals surface area contributed by atoms with Crippen LogP contribution in [0.25, 0.3) is 0 Å². The summed E-state index contributed by atoms with van der Waals surface area (Å²) in [5.41, 5.74) is 3.28. The van der Waals surface area contributed by atoms with E-state index in [1.165, 1.54) is 24.9 Å². The molecule has 0 radical (unpaired) electrons. The first-order chi connectivity index (χ1) is 15.1. The lowest BCUT2D eigenvalue weighted by Gasteiger charge is -2.36. The molecule has 3 aliphatic rings. The van der Waals surface area contributed by atoms with Gasteiger partial charge in [0.2, 0.25) is 5.76 Å². The highest BCUT2D eigenvalue weighted by Crippen LogP contribution is 2.44. The summed E-state index contributed by atoms with van der Waals surface area (Å²) < 4.78 is 11.3. The monoisotopic (exact) mass is 441 g/mol. The Balaban J connectivity index is 1.39. The minimum atomic E-state index is -0.188. The van der Waals surface area contributed by atoms with Gasteiger partial charge < -0.3 is 29.2 Å². The van der Waals surface area contributed by atoms with Crippen LogP contribution in [0.5, 0.6) is 0 Å². The zero-order valence-electron chi connectivity index (χ0n) is 17.8. The molecule has 0 aliphatic carbocycles. The molecule has 0 spiro atoms. The van der Waals surface area contributed by atoms with Crippen LogP contribution in [0.3, 0.4) is 0 Å². The summed E-state index contributed by atoms with van der Waals surface area (Å²) in [6.07, 6.45) is 3.32. The molecule has 8 heteroatoms. The number of nitrogens with zero attached hydrogens (tertiary/aromatic N) is 4. The van der Waals surface area contributed by atoms with E-state index in [0.29, 0.717) is 11.5 Å². The lowest BCUT2D eigenvalue weighted by molar-refractivity contribution is 0.313. The number of hydrogen-bond acceptors (Lipinski definition) is 7. The Morgan fingerprint density at radius 1 is 1.00 bits per heavy atom. The maximum atomic E-state index is 8.99. The standard InChI is InChI=1S/C23H28ClN5O2/c1-27-9-11-29(12-10-27)19-14-20(28-7-3-2-4-8-28)18(13-17(19)24)26-23-22(31-23)21-6-5-16(15-25)30-21/h5-6,13-14,22-23,26H,2-4,7-12H2,1H3. The molecule has 1 aromatic carbocycles. The van der Waals surface area contributed by atoms with Crippen molar-refractivity contribution in [1.29, 1.82) is 5.26 Å². The summed E-state index contributed by atoms with van der Waals surface area (Å²) >= 11 is 6.78. The van der Waals surface area contributed by atoms with E-state index in [9.17, 15) is 0 Å². The predicted molar refractivity (Wildman–Crippen MR) is 122 cm³/mol. The molecule has 7 nitrogen and oxygen atoms in total. The molecule has 0 saturated carbocycles. The van der Waals surface area contributed by atoms with E-state index in [4.69, 9.17) is 26.0 Å². The number of hydrogen-bond donors (Lipinski definition) is 1. The van der Waals surface area contributed by atoms with E-state index in [2.05, 4.69) is 33.1 Å². The minimum absolute atomic E-state index is 0.188. The van der Waals surface area contributed by atoms with Crippen LogP contribution in [0.2, 0.25) is 5.02 Å². The molecular formula is C23H28ClN5O2. The first-order valence-electron chi connectivity index (χ1n) is 11.1. The molecule has 0 bridgehead atoms. The molecule has 4 heterocycles. The number of piperidine rings is 1. The number of nitrogens with one attached hydrogen (secondary N) is 1. The Bertz CT molecular complexity index is 973. The van der Waals surface area contributed by atoms with Gasteiger partial charge in [-0.1, -0.05) is 11.6 Å². The molecule has 31 heavy (non-hydrogen) atoms. The van der Waals surface area contributed by atoms with Crippen molar-refractivity contribution in [3.63, 3.8) is 0 Å². The number of nitriles is 1. The number of epoxide rings is 1. The van der Waals surface area contributed by atoms with Crippen molar-refractivity contribution in [2.75, 3.05) is 61.4 Å². The highest BCUT2D eigenvalue weighted by Gasteiger charge is 2.43. The van der Waals surface area contributed by atoms with Crippen LogP contribution in [-0.4, -0.2) is 57.4 Å². The molecule has 3 saturated heterocycles. The van der Waals surface area contributed by atoms with Crippen molar-refractivity contribution in [2.24, 2.45) is 0 Å².